The van der Waals surface area contributed by atoms with Crippen molar-refractivity contribution in [1.82, 2.24) is 0 Å². The molecule has 1 rings (SSSR count). The van der Waals surface area contributed by atoms with E-state index in [1.165, 1.54) is 5.57 Å². The Morgan fingerprint density at radius 3 is 2.90 bits per heavy atom. The summed E-state index contributed by atoms with van der Waals surface area (Å²) in [6.07, 6.45) is 5.35. The quantitative estimate of drug-likeness (QED) is 0.436. The first-order chi connectivity index (χ1) is 4.70. The van der Waals surface area contributed by atoms with Gasteiger partial charge in [0.05, 0.1) is 5.76 Å². The maximum Gasteiger partial charge on any atom is 0.0885 e. The van der Waals surface area contributed by atoms with Crippen molar-refractivity contribution in [3.63, 3.8) is 0 Å². The summed E-state index contributed by atoms with van der Waals surface area (Å²) < 4.78 is 0. The van der Waals surface area contributed by atoms with Gasteiger partial charge in [0, 0.05) is 5.92 Å². The molecule has 1 atom stereocenters. The van der Waals surface area contributed by atoms with E-state index in [0.29, 0.717) is 11.7 Å². The van der Waals surface area contributed by atoms with Crippen LogP contribution in [0.5, 0.6) is 0 Å². The molecule has 0 heterocycles. The Balaban J connectivity index is 2.50. The molecule has 0 saturated carbocycles. The highest BCUT2D eigenvalue weighted by Gasteiger charge is 2.14. The number of rotatable bonds is 1. The van der Waals surface area contributed by atoms with Gasteiger partial charge in [-0.25, -0.2) is 0 Å². The van der Waals surface area contributed by atoms with E-state index in [1.54, 1.807) is 0 Å². The molecule has 10 heavy (non-hydrogen) atoms. The zero-order chi connectivity index (χ0) is 7.56. The fourth-order valence-corrected chi connectivity index (χ4v) is 1.27. The van der Waals surface area contributed by atoms with Crippen LogP contribution in [-0.2, 0) is 0 Å². The maximum atomic E-state index is 9.04. The third-order valence-corrected chi connectivity index (χ3v) is 2.11. The van der Waals surface area contributed by atoms with Crippen molar-refractivity contribution < 1.29 is 5.11 Å². The van der Waals surface area contributed by atoms with Crippen LogP contribution in [0.25, 0.3) is 0 Å². The highest BCUT2D eigenvalue weighted by Crippen LogP contribution is 2.26. The minimum Gasteiger partial charge on any atom is -0.513 e. The Morgan fingerprint density at radius 1 is 1.80 bits per heavy atom. The summed E-state index contributed by atoms with van der Waals surface area (Å²) in [6.45, 7) is 5.67. The van der Waals surface area contributed by atoms with Crippen molar-refractivity contribution in [2.45, 2.75) is 26.2 Å². The van der Waals surface area contributed by atoms with E-state index in [0.717, 1.165) is 19.3 Å². The van der Waals surface area contributed by atoms with E-state index in [1.807, 2.05) is 0 Å². The van der Waals surface area contributed by atoms with Crippen molar-refractivity contribution >= 4 is 0 Å². The van der Waals surface area contributed by atoms with Crippen LogP contribution in [0.1, 0.15) is 26.2 Å². The van der Waals surface area contributed by atoms with Gasteiger partial charge in [-0.2, -0.15) is 0 Å². The van der Waals surface area contributed by atoms with Gasteiger partial charge in [0.1, 0.15) is 0 Å². The van der Waals surface area contributed by atoms with Gasteiger partial charge in [-0.3, -0.25) is 0 Å². The number of aliphatic hydroxyl groups is 1. The largest absolute Gasteiger partial charge is 0.513 e. The molecule has 1 N–H and O–H groups in total. The molecule has 1 heteroatoms. The average molecular weight is 138 g/mol. The molecular weight excluding hydrogens is 124 g/mol. The normalized spacial score (nSPS) is 25.7. The third-order valence-electron chi connectivity index (χ3n) is 2.11. The Labute approximate surface area is 62.1 Å². The SMILES string of the molecule is C=C(O)C1CC=C(C)CC1. The number of allylic oxidation sites excluding steroid dienone is 3. The Hall–Kier alpha value is -0.720. The number of aliphatic hydroxyl groups excluding tert-OH is 1. The van der Waals surface area contributed by atoms with Crippen LogP contribution in [0.4, 0.5) is 0 Å². The molecule has 0 saturated heterocycles. The molecule has 0 aromatic rings. The van der Waals surface area contributed by atoms with Crippen molar-refractivity contribution in [3.8, 4) is 0 Å². The Bertz CT molecular complexity index is 168. The molecule has 0 bridgehead atoms. The molecule has 1 unspecified atom stereocenters. The Morgan fingerprint density at radius 2 is 2.50 bits per heavy atom. The summed E-state index contributed by atoms with van der Waals surface area (Å²) in [5, 5.41) is 9.04. The van der Waals surface area contributed by atoms with Gasteiger partial charge in [0.2, 0.25) is 0 Å². The maximum absolute atomic E-state index is 9.04. The number of hydrogen-bond donors (Lipinski definition) is 1. The van der Waals surface area contributed by atoms with E-state index in [4.69, 9.17) is 5.11 Å². The van der Waals surface area contributed by atoms with Gasteiger partial charge in [0.15, 0.2) is 0 Å². The lowest BCUT2D eigenvalue weighted by Crippen LogP contribution is -2.06. The van der Waals surface area contributed by atoms with Crippen LogP contribution in [0.3, 0.4) is 0 Å². The Kier molecular flexibility index (Phi) is 2.15. The summed E-state index contributed by atoms with van der Waals surface area (Å²) in [5.74, 6) is 0.674. The lowest BCUT2D eigenvalue weighted by molar-refractivity contribution is 0.316. The first kappa shape index (κ1) is 7.39. The smallest absolute Gasteiger partial charge is 0.0885 e. The van der Waals surface area contributed by atoms with Gasteiger partial charge in [0.25, 0.3) is 0 Å². The molecule has 0 aromatic heterocycles. The molecule has 0 aromatic carbocycles. The molecule has 1 aliphatic rings. The van der Waals surface area contributed by atoms with Crippen LogP contribution < -0.4 is 0 Å². The van der Waals surface area contributed by atoms with Crippen molar-refractivity contribution in [3.05, 3.63) is 24.0 Å². The molecule has 56 valence electrons. The van der Waals surface area contributed by atoms with E-state index >= 15 is 0 Å². The van der Waals surface area contributed by atoms with Gasteiger partial charge in [-0.1, -0.05) is 18.2 Å². The van der Waals surface area contributed by atoms with Crippen molar-refractivity contribution in [2.75, 3.05) is 0 Å². The van der Waals surface area contributed by atoms with E-state index in [9.17, 15) is 0 Å². The number of hydrogen-bond acceptors (Lipinski definition) is 1. The summed E-state index contributed by atoms with van der Waals surface area (Å²) in [5.41, 5.74) is 1.44. The van der Waals surface area contributed by atoms with Gasteiger partial charge >= 0.3 is 0 Å². The van der Waals surface area contributed by atoms with Crippen LogP contribution >= 0.6 is 0 Å². The van der Waals surface area contributed by atoms with Gasteiger partial charge in [-0.05, 0) is 26.2 Å². The standard InChI is InChI=1S/C9H14O/c1-7-3-5-9(6-4-7)8(2)10/h3,9-10H,2,4-6H2,1H3. The van der Waals surface area contributed by atoms with Crippen molar-refractivity contribution in [2.24, 2.45) is 5.92 Å². The second kappa shape index (κ2) is 2.91. The first-order valence-electron chi connectivity index (χ1n) is 3.73. The topological polar surface area (TPSA) is 20.2 Å². The summed E-state index contributed by atoms with van der Waals surface area (Å²) in [4.78, 5) is 0. The molecule has 1 aliphatic carbocycles. The average Bonchev–Trinajstić information content (AvgIpc) is 1.88. The lowest BCUT2D eigenvalue weighted by Gasteiger charge is -2.18. The molecule has 0 aliphatic heterocycles. The minimum atomic E-state index is 0.323. The highest BCUT2D eigenvalue weighted by molar-refractivity contribution is 5.07. The minimum absolute atomic E-state index is 0.323. The van der Waals surface area contributed by atoms with Crippen molar-refractivity contribution in [1.29, 1.82) is 0 Å². The molecule has 0 fully saturated rings. The summed E-state index contributed by atoms with van der Waals surface area (Å²) in [6, 6.07) is 0. The second-order valence-corrected chi connectivity index (χ2v) is 3.01. The molecule has 1 nitrogen and oxygen atoms in total. The molecule has 0 spiro atoms. The highest BCUT2D eigenvalue weighted by atomic mass is 16.3. The fraction of sp³-hybridized carbons (Fsp3) is 0.556. The summed E-state index contributed by atoms with van der Waals surface area (Å²) in [7, 11) is 0. The lowest BCUT2D eigenvalue weighted by atomic mass is 9.89. The van der Waals surface area contributed by atoms with Crippen LogP contribution in [0, 0.1) is 5.92 Å². The predicted octanol–water partition coefficient (Wildman–Crippen LogP) is 2.80. The van der Waals surface area contributed by atoms with E-state index in [-0.39, 0.29) is 0 Å². The monoisotopic (exact) mass is 138 g/mol. The second-order valence-electron chi connectivity index (χ2n) is 3.01. The molecule has 0 amide bonds. The zero-order valence-electron chi connectivity index (χ0n) is 6.43. The van der Waals surface area contributed by atoms with E-state index in [2.05, 4.69) is 19.6 Å². The zero-order valence-corrected chi connectivity index (χ0v) is 6.43. The first-order valence-corrected chi connectivity index (χ1v) is 3.73. The van der Waals surface area contributed by atoms with E-state index < -0.39 is 0 Å². The predicted molar refractivity (Wildman–Crippen MR) is 42.9 cm³/mol. The summed E-state index contributed by atoms with van der Waals surface area (Å²) >= 11 is 0. The third kappa shape index (κ3) is 1.63. The molecule has 0 radical (unpaired) electrons. The van der Waals surface area contributed by atoms with Crippen LogP contribution in [0.15, 0.2) is 24.0 Å². The van der Waals surface area contributed by atoms with Crippen LogP contribution in [-0.4, -0.2) is 5.11 Å². The fourth-order valence-electron chi connectivity index (χ4n) is 1.27. The van der Waals surface area contributed by atoms with Crippen LogP contribution in [0.2, 0.25) is 0 Å². The van der Waals surface area contributed by atoms with Gasteiger partial charge < -0.3 is 5.11 Å². The molecular formula is C9H14O. The van der Waals surface area contributed by atoms with Gasteiger partial charge in [-0.15, -0.1) is 0 Å².